The highest BCUT2D eigenvalue weighted by Crippen LogP contribution is 2.11. The number of benzene rings is 2. The lowest BCUT2D eigenvalue weighted by Crippen LogP contribution is -2.15. The Kier molecular flexibility index (Phi) is 4.05. The Hall–Kier alpha value is -3.15. The third kappa shape index (κ3) is 3.21. The van der Waals surface area contributed by atoms with Gasteiger partial charge in [0.05, 0.1) is 5.69 Å². The second-order valence-electron chi connectivity index (χ2n) is 5.03. The maximum atomic E-state index is 12.2. The van der Waals surface area contributed by atoms with Crippen molar-refractivity contribution in [3.8, 4) is 5.69 Å². The van der Waals surface area contributed by atoms with Crippen molar-refractivity contribution in [3.63, 3.8) is 0 Å². The topological polar surface area (TPSA) is 79.8 Å². The van der Waals surface area contributed by atoms with Crippen molar-refractivity contribution in [2.24, 2.45) is 0 Å². The van der Waals surface area contributed by atoms with E-state index >= 15 is 0 Å². The molecule has 0 bridgehead atoms. The number of hydrogen-bond acceptors (Lipinski definition) is 3. The first-order valence-electron chi connectivity index (χ1n) is 7.32. The van der Waals surface area contributed by atoms with Gasteiger partial charge in [-0.1, -0.05) is 37.3 Å². The Balaban J connectivity index is 1.81. The molecule has 0 unspecified atom stereocenters. The minimum absolute atomic E-state index is 0.0292. The van der Waals surface area contributed by atoms with Crippen molar-refractivity contribution in [2.45, 2.75) is 13.3 Å². The third-order valence-electron chi connectivity index (χ3n) is 3.45. The SMILES string of the molecule is CCc1ccc(NC(=O)c2nn(-c3ccccc3)c(=O)[nH]2)cc1. The molecule has 6 heteroatoms. The Morgan fingerprint density at radius 3 is 2.48 bits per heavy atom. The van der Waals surface area contributed by atoms with E-state index in [-0.39, 0.29) is 5.82 Å². The number of nitrogens with one attached hydrogen (secondary N) is 2. The fraction of sp³-hybridized carbons (Fsp3) is 0.118. The van der Waals surface area contributed by atoms with Crippen LogP contribution in [0.15, 0.2) is 59.4 Å². The molecule has 3 aromatic rings. The molecule has 0 saturated heterocycles. The molecule has 0 spiro atoms. The minimum atomic E-state index is -0.457. The van der Waals surface area contributed by atoms with Gasteiger partial charge >= 0.3 is 5.69 Å². The lowest BCUT2D eigenvalue weighted by atomic mass is 10.1. The summed E-state index contributed by atoms with van der Waals surface area (Å²) in [6, 6.07) is 16.5. The van der Waals surface area contributed by atoms with Crippen LogP contribution in [0.25, 0.3) is 5.69 Å². The number of para-hydroxylation sites is 1. The van der Waals surface area contributed by atoms with Crippen LogP contribution in [-0.4, -0.2) is 20.7 Å². The van der Waals surface area contributed by atoms with Crippen molar-refractivity contribution >= 4 is 11.6 Å². The number of nitrogens with zero attached hydrogens (tertiary/aromatic N) is 2. The number of H-pyrrole nitrogens is 1. The molecule has 0 aliphatic heterocycles. The molecule has 3 rings (SSSR count). The van der Waals surface area contributed by atoms with E-state index in [4.69, 9.17) is 0 Å². The van der Waals surface area contributed by atoms with Gasteiger partial charge in [-0.15, -0.1) is 5.10 Å². The first-order valence-corrected chi connectivity index (χ1v) is 7.32. The van der Waals surface area contributed by atoms with Crippen LogP contribution >= 0.6 is 0 Å². The number of rotatable bonds is 4. The monoisotopic (exact) mass is 308 g/mol. The summed E-state index contributed by atoms with van der Waals surface area (Å²) in [6.07, 6.45) is 0.934. The van der Waals surface area contributed by atoms with Gasteiger partial charge in [-0.05, 0) is 36.2 Å². The van der Waals surface area contributed by atoms with Crippen LogP contribution in [0.2, 0.25) is 0 Å². The van der Waals surface area contributed by atoms with Gasteiger partial charge in [-0.25, -0.2) is 4.79 Å². The quantitative estimate of drug-likeness (QED) is 0.776. The molecule has 0 aliphatic carbocycles. The van der Waals surface area contributed by atoms with Gasteiger partial charge in [0.25, 0.3) is 5.91 Å². The van der Waals surface area contributed by atoms with E-state index in [1.54, 1.807) is 24.3 Å². The van der Waals surface area contributed by atoms with Gasteiger partial charge in [0.15, 0.2) is 0 Å². The molecule has 0 aliphatic rings. The molecular formula is C17H16N4O2. The molecule has 116 valence electrons. The summed E-state index contributed by atoms with van der Waals surface area (Å²) in [4.78, 5) is 26.6. The smallest absolute Gasteiger partial charge is 0.319 e. The lowest BCUT2D eigenvalue weighted by Gasteiger charge is -2.03. The van der Waals surface area contributed by atoms with Crippen LogP contribution < -0.4 is 11.0 Å². The number of aromatic amines is 1. The van der Waals surface area contributed by atoms with Gasteiger partial charge in [-0.3, -0.25) is 9.78 Å². The van der Waals surface area contributed by atoms with Gasteiger partial charge < -0.3 is 5.32 Å². The summed E-state index contributed by atoms with van der Waals surface area (Å²) in [7, 11) is 0. The van der Waals surface area contributed by atoms with Crippen LogP contribution in [0.3, 0.4) is 0 Å². The minimum Gasteiger partial charge on any atom is -0.319 e. The summed E-state index contributed by atoms with van der Waals surface area (Å²) in [5.41, 5.74) is 1.98. The Morgan fingerprint density at radius 2 is 1.83 bits per heavy atom. The standard InChI is InChI=1S/C17H16N4O2/c1-2-12-8-10-13(11-9-12)18-16(22)15-19-17(23)21(20-15)14-6-4-3-5-7-14/h3-11H,2H2,1H3,(H,18,22)(H,19,20,23). The molecular weight excluding hydrogens is 292 g/mol. The zero-order valence-electron chi connectivity index (χ0n) is 12.6. The maximum Gasteiger partial charge on any atom is 0.348 e. The van der Waals surface area contributed by atoms with E-state index in [0.717, 1.165) is 11.1 Å². The molecule has 23 heavy (non-hydrogen) atoms. The second-order valence-corrected chi connectivity index (χ2v) is 5.03. The van der Waals surface area contributed by atoms with Gasteiger partial charge in [-0.2, -0.15) is 4.68 Å². The summed E-state index contributed by atoms with van der Waals surface area (Å²) in [5, 5.41) is 6.76. The van der Waals surface area contributed by atoms with E-state index in [1.807, 2.05) is 30.3 Å². The molecule has 1 amide bonds. The average Bonchev–Trinajstić information content (AvgIpc) is 2.98. The van der Waals surface area contributed by atoms with Crippen LogP contribution in [-0.2, 0) is 6.42 Å². The average molecular weight is 308 g/mol. The van der Waals surface area contributed by atoms with E-state index in [0.29, 0.717) is 11.4 Å². The number of aromatic nitrogens is 3. The van der Waals surface area contributed by atoms with Crippen molar-refractivity contribution in [3.05, 3.63) is 76.5 Å². The van der Waals surface area contributed by atoms with Gasteiger partial charge in [0.2, 0.25) is 5.82 Å². The number of aryl methyl sites for hydroxylation is 1. The van der Waals surface area contributed by atoms with Crippen molar-refractivity contribution < 1.29 is 4.79 Å². The van der Waals surface area contributed by atoms with Gasteiger partial charge in [0, 0.05) is 5.69 Å². The Bertz CT molecular complexity index is 864. The first kappa shape index (κ1) is 14.8. The highest BCUT2D eigenvalue weighted by atomic mass is 16.2. The van der Waals surface area contributed by atoms with E-state index in [2.05, 4.69) is 22.3 Å². The zero-order valence-corrected chi connectivity index (χ0v) is 12.6. The third-order valence-corrected chi connectivity index (χ3v) is 3.45. The van der Waals surface area contributed by atoms with E-state index < -0.39 is 11.6 Å². The molecule has 2 aromatic carbocycles. The van der Waals surface area contributed by atoms with Crippen LogP contribution in [0.1, 0.15) is 23.1 Å². The second kappa shape index (κ2) is 6.31. The predicted molar refractivity (Wildman–Crippen MR) is 88.0 cm³/mol. The molecule has 6 nitrogen and oxygen atoms in total. The van der Waals surface area contributed by atoms with Crippen LogP contribution in [0, 0.1) is 0 Å². The highest BCUT2D eigenvalue weighted by molar-refractivity contribution is 6.01. The summed E-state index contributed by atoms with van der Waals surface area (Å²) >= 11 is 0. The molecule has 0 radical (unpaired) electrons. The number of amides is 1. The Labute approximate surface area is 132 Å². The molecule has 0 atom stereocenters. The lowest BCUT2D eigenvalue weighted by molar-refractivity contribution is 0.101. The van der Waals surface area contributed by atoms with E-state index in [9.17, 15) is 9.59 Å². The predicted octanol–water partition coefficient (Wildman–Crippen LogP) is 2.38. The number of carbonyl (C=O) groups is 1. The molecule has 2 N–H and O–H groups in total. The normalized spacial score (nSPS) is 10.5. The number of anilines is 1. The van der Waals surface area contributed by atoms with Crippen molar-refractivity contribution in [2.75, 3.05) is 5.32 Å². The first-order chi connectivity index (χ1) is 11.2. The van der Waals surface area contributed by atoms with Crippen LogP contribution in [0.5, 0.6) is 0 Å². The summed E-state index contributed by atoms with van der Waals surface area (Å²) in [5.74, 6) is -0.487. The van der Waals surface area contributed by atoms with Gasteiger partial charge in [0.1, 0.15) is 0 Å². The fourth-order valence-corrected chi connectivity index (χ4v) is 2.19. The number of hydrogen-bond donors (Lipinski definition) is 2. The zero-order chi connectivity index (χ0) is 16.2. The largest absolute Gasteiger partial charge is 0.348 e. The highest BCUT2D eigenvalue weighted by Gasteiger charge is 2.14. The molecule has 1 aromatic heterocycles. The van der Waals surface area contributed by atoms with Crippen LogP contribution in [0.4, 0.5) is 5.69 Å². The molecule has 0 fully saturated rings. The number of carbonyl (C=O) groups excluding carboxylic acids is 1. The maximum absolute atomic E-state index is 12.2. The summed E-state index contributed by atoms with van der Waals surface area (Å²) in [6.45, 7) is 2.06. The van der Waals surface area contributed by atoms with Crippen molar-refractivity contribution in [1.82, 2.24) is 14.8 Å². The van der Waals surface area contributed by atoms with E-state index in [1.165, 1.54) is 5.56 Å². The molecule has 1 heterocycles. The molecule has 0 saturated carbocycles. The van der Waals surface area contributed by atoms with Crippen molar-refractivity contribution in [1.29, 1.82) is 0 Å². The Morgan fingerprint density at radius 1 is 1.13 bits per heavy atom. The summed E-state index contributed by atoms with van der Waals surface area (Å²) < 4.78 is 1.16. The fourth-order valence-electron chi connectivity index (χ4n) is 2.19.